The molecule has 2 amide bonds. The minimum absolute atomic E-state index is 0.182. The maximum Gasteiger partial charge on any atom is 0.635 e. The SMILES string of the molecule is C=CC(=O)N(CC(=O)N[C@@H](Cc1ccccc1)OB(O)O)C(C)C. The fourth-order valence-corrected chi connectivity index (χ4v) is 2.12. The number of nitrogens with zero attached hydrogens (tertiary/aromatic N) is 1. The molecule has 0 aromatic heterocycles. The molecule has 0 heterocycles. The summed E-state index contributed by atoms with van der Waals surface area (Å²) < 4.78 is 4.91. The third kappa shape index (κ3) is 6.95. The lowest BCUT2D eigenvalue weighted by Gasteiger charge is -2.26. The second kappa shape index (κ2) is 9.87. The predicted octanol–water partition coefficient (Wildman–Crippen LogP) is 0.0805. The molecule has 7 nitrogen and oxygen atoms in total. The zero-order valence-electron chi connectivity index (χ0n) is 13.9. The average molecular weight is 334 g/mol. The van der Waals surface area contributed by atoms with Crippen molar-refractivity contribution in [3.8, 4) is 0 Å². The number of rotatable bonds is 9. The molecule has 0 aliphatic rings. The number of nitrogens with one attached hydrogen (secondary N) is 1. The van der Waals surface area contributed by atoms with Gasteiger partial charge in [0.1, 0.15) is 12.8 Å². The van der Waals surface area contributed by atoms with Crippen LogP contribution in [0.5, 0.6) is 0 Å². The molecule has 0 aliphatic carbocycles. The Morgan fingerprint density at radius 3 is 2.46 bits per heavy atom. The maximum absolute atomic E-state index is 12.2. The molecule has 1 rings (SSSR count). The van der Waals surface area contributed by atoms with Crippen LogP contribution in [0.15, 0.2) is 43.0 Å². The van der Waals surface area contributed by atoms with Crippen molar-refractivity contribution in [3.05, 3.63) is 48.6 Å². The van der Waals surface area contributed by atoms with Crippen LogP contribution in [0, 0.1) is 0 Å². The molecule has 0 aliphatic heterocycles. The maximum atomic E-state index is 12.2. The number of carbonyl (C=O) groups is 2. The van der Waals surface area contributed by atoms with Crippen molar-refractivity contribution in [1.29, 1.82) is 0 Å². The Kier molecular flexibility index (Phi) is 8.18. The van der Waals surface area contributed by atoms with E-state index >= 15 is 0 Å². The van der Waals surface area contributed by atoms with Crippen LogP contribution in [0.25, 0.3) is 0 Å². The molecule has 24 heavy (non-hydrogen) atoms. The van der Waals surface area contributed by atoms with E-state index in [1.807, 2.05) is 30.3 Å². The molecular weight excluding hydrogens is 311 g/mol. The minimum Gasteiger partial charge on any atom is -0.402 e. The first kappa shape index (κ1) is 19.9. The van der Waals surface area contributed by atoms with E-state index in [9.17, 15) is 9.59 Å². The van der Waals surface area contributed by atoms with E-state index in [0.29, 0.717) is 0 Å². The molecule has 1 atom stereocenters. The lowest BCUT2D eigenvalue weighted by molar-refractivity contribution is -0.135. The highest BCUT2D eigenvalue weighted by molar-refractivity contribution is 6.32. The quantitative estimate of drug-likeness (QED) is 0.337. The van der Waals surface area contributed by atoms with E-state index in [4.69, 9.17) is 14.7 Å². The van der Waals surface area contributed by atoms with Gasteiger partial charge < -0.3 is 24.9 Å². The smallest absolute Gasteiger partial charge is 0.402 e. The predicted molar refractivity (Wildman–Crippen MR) is 90.4 cm³/mol. The van der Waals surface area contributed by atoms with Gasteiger partial charge in [-0.05, 0) is 25.5 Å². The van der Waals surface area contributed by atoms with Crippen molar-refractivity contribution < 1.29 is 24.3 Å². The second-order valence-corrected chi connectivity index (χ2v) is 5.47. The summed E-state index contributed by atoms with van der Waals surface area (Å²) in [6, 6.07) is 8.97. The van der Waals surface area contributed by atoms with E-state index in [2.05, 4.69) is 11.9 Å². The topological polar surface area (TPSA) is 99.1 Å². The Hall–Kier alpha value is -2.16. The minimum atomic E-state index is -2.02. The van der Waals surface area contributed by atoms with Gasteiger partial charge >= 0.3 is 7.32 Å². The molecule has 3 N–H and O–H groups in total. The summed E-state index contributed by atoms with van der Waals surface area (Å²) in [5, 5.41) is 20.6. The third-order valence-corrected chi connectivity index (χ3v) is 3.27. The number of hydrogen-bond acceptors (Lipinski definition) is 5. The Morgan fingerprint density at radius 1 is 1.33 bits per heavy atom. The summed E-state index contributed by atoms with van der Waals surface area (Å²) in [5.74, 6) is -0.830. The highest BCUT2D eigenvalue weighted by atomic mass is 16.6. The van der Waals surface area contributed by atoms with Crippen LogP contribution < -0.4 is 5.32 Å². The molecular formula is C16H23BN2O5. The first-order valence-electron chi connectivity index (χ1n) is 7.61. The summed E-state index contributed by atoms with van der Waals surface area (Å²) in [4.78, 5) is 25.3. The van der Waals surface area contributed by atoms with Gasteiger partial charge in [-0.25, -0.2) is 0 Å². The lowest BCUT2D eigenvalue weighted by atomic mass is 10.1. The number of hydrogen-bond donors (Lipinski definition) is 3. The van der Waals surface area contributed by atoms with Crippen LogP contribution in [-0.2, 0) is 20.7 Å². The van der Waals surface area contributed by atoms with Crippen LogP contribution in [-0.4, -0.2) is 52.9 Å². The van der Waals surface area contributed by atoms with Crippen LogP contribution in [0.1, 0.15) is 19.4 Å². The number of benzene rings is 1. The van der Waals surface area contributed by atoms with Gasteiger partial charge in [0.25, 0.3) is 0 Å². The van der Waals surface area contributed by atoms with Crippen LogP contribution >= 0.6 is 0 Å². The summed E-state index contributed by atoms with van der Waals surface area (Å²) >= 11 is 0. The van der Waals surface area contributed by atoms with Gasteiger partial charge in [-0.2, -0.15) is 0 Å². The summed E-state index contributed by atoms with van der Waals surface area (Å²) in [7, 11) is -2.02. The molecule has 0 radical (unpaired) electrons. The Bertz CT molecular complexity index is 551. The molecule has 1 aromatic rings. The molecule has 0 spiro atoms. The van der Waals surface area contributed by atoms with Gasteiger partial charge in [0.2, 0.25) is 11.8 Å². The van der Waals surface area contributed by atoms with E-state index < -0.39 is 19.5 Å². The molecule has 0 saturated carbocycles. The molecule has 0 fully saturated rings. The molecule has 1 aromatic carbocycles. The van der Waals surface area contributed by atoms with E-state index in [-0.39, 0.29) is 24.9 Å². The number of amides is 2. The Labute approximate surface area is 142 Å². The van der Waals surface area contributed by atoms with Gasteiger partial charge in [0.15, 0.2) is 0 Å². The molecule has 130 valence electrons. The first-order valence-corrected chi connectivity index (χ1v) is 7.61. The van der Waals surface area contributed by atoms with Crippen molar-refractivity contribution in [1.82, 2.24) is 10.2 Å². The molecule has 0 unspecified atom stereocenters. The van der Waals surface area contributed by atoms with Crippen molar-refractivity contribution >= 4 is 19.1 Å². The van der Waals surface area contributed by atoms with E-state index in [0.717, 1.165) is 11.6 Å². The fourth-order valence-electron chi connectivity index (χ4n) is 2.12. The van der Waals surface area contributed by atoms with E-state index in [1.54, 1.807) is 13.8 Å². The van der Waals surface area contributed by atoms with Gasteiger partial charge in [-0.15, -0.1) is 0 Å². The van der Waals surface area contributed by atoms with Crippen molar-refractivity contribution in [2.24, 2.45) is 0 Å². The van der Waals surface area contributed by atoms with Gasteiger partial charge in [-0.1, -0.05) is 36.9 Å². The normalized spacial score (nSPS) is 11.7. The molecule has 0 bridgehead atoms. The first-order chi connectivity index (χ1) is 11.3. The van der Waals surface area contributed by atoms with Crippen LogP contribution in [0.4, 0.5) is 0 Å². The second-order valence-electron chi connectivity index (χ2n) is 5.47. The van der Waals surface area contributed by atoms with Crippen molar-refractivity contribution in [3.63, 3.8) is 0 Å². The average Bonchev–Trinajstić information content (AvgIpc) is 2.51. The summed E-state index contributed by atoms with van der Waals surface area (Å²) in [6.07, 6.45) is 0.456. The van der Waals surface area contributed by atoms with Gasteiger partial charge in [0, 0.05) is 12.5 Å². The van der Waals surface area contributed by atoms with Crippen LogP contribution in [0.2, 0.25) is 0 Å². The summed E-state index contributed by atoms with van der Waals surface area (Å²) in [5.41, 5.74) is 0.853. The zero-order valence-corrected chi connectivity index (χ0v) is 13.9. The van der Waals surface area contributed by atoms with Crippen molar-refractivity contribution in [2.75, 3.05) is 6.54 Å². The third-order valence-electron chi connectivity index (χ3n) is 3.27. The monoisotopic (exact) mass is 334 g/mol. The van der Waals surface area contributed by atoms with Crippen LogP contribution in [0.3, 0.4) is 0 Å². The van der Waals surface area contributed by atoms with E-state index in [1.165, 1.54) is 4.90 Å². The standard InChI is InChI=1S/C16H23BN2O5/c1-4-16(21)19(12(2)3)11-14(20)18-15(24-17(22)23)10-13-8-6-5-7-9-13/h4-9,12,15,22-23H,1,10-11H2,2-3H3,(H,18,20)/t15-/m1/s1. The van der Waals surface area contributed by atoms with Crippen molar-refractivity contribution in [2.45, 2.75) is 32.5 Å². The summed E-state index contributed by atoms with van der Waals surface area (Å²) in [6.45, 7) is 6.80. The molecule has 0 saturated heterocycles. The van der Waals surface area contributed by atoms with Gasteiger partial charge in [-0.3, -0.25) is 9.59 Å². The lowest BCUT2D eigenvalue weighted by Crippen LogP contribution is -2.48. The van der Waals surface area contributed by atoms with Gasteiger partial charge in [0.05, 0.1) is 0 Å². The molecule has 8 heteroatoms. The fraction of sp³-hybridized carbons (Fsp3) is 0.375. The highest BCUT2D eigenvalue weighted by Gasteiger charge is 2.23. The Balaban J connectivity index is 2.72. The number of carbonyl (C=O) groups excluding carboxylic acids is 2. The largest absolute Gasteiger partial charge is 0.635 e. The highest BCUT2D eigenvalue weighted by Crippen LogP contribution is 2.06. The zero-order chi connectivity index (χ0) is 18.1. The Morgan fingerprint density at radius 2 is 1.96 bits per heavy atom.